The van der Waals surface area contributed by atoms with E-state index in [1.807, 2.05) is 24.3 Å². The molecular weight excluding hydrogens is 272 g/mol. The van der Waals surface area contributed by atoms with Crippen molar-refractivity contribution in [2.75, 3.05) is 0 Å². The molecule has 0 amide bonds. The molecule has 0 aliphatic rings. The summed E-state index contributed by atoms with van der Waals surface area (Å²) in [6.07, 6.45) is 0. The number of halogens is 1. The Hall–Kier alpha value is -1.60. The second-order valence-corrected chi connectivity index (χ2v) is 4.79. The molecule has 0 atom stereocenters. The summed E-state index contributed by atoms with van der Waals surface area (Å²) in [7, 11) is 0. The normalized spacial score (nSPS) is 10.6. The second-order valence-electron chi connectivity index (χ2n) is 3.94. The summed E-state index contributed by atoms with van der Waals surface area (Å²) >= 11 is 3.58. The molecule has 0 heterocycles. The van der Waals surface area contributed by atoms with E-state index in [0.29, 0.717) is 0 Å². The van der Waals surface area contributed by atoms with E-state index in [0.717, 1.165) is 15.4 Å². The van der Waals surface area contributed by atoms with Gasteiger partial charge in [-0.05, 0) is 34.0 Å². The van der Waals surface area contributed by atoms with Crippen molar-refractivity contribution in [3.63, 3.8) is 0 Å². The van der Waals surface area contributed by atoms with Gasteiger partial charge in [-0.2, -0.15) is 0 Å². The molecule has 3 aromatic rings. The molecule has 0 fully saturated rings. The highest BCUT2D eigenvalue weighted by molar-refractivity contribution is 9.10. The molecule has 1 radical (unpaired) electrons. The zero-order valence-electron chi connectivity index (χ0n) is 9.15. The lowest BCUT2D eigenvalue weighted by Crippen LogP contribution is -1.80. The average Bonchev–Trinajstić information content (AvgIpc) is 2.39. The van der Waals surface area contributed by atoms with Crippen molar-refractivity contribution in [1.29, 1.82) is 0 Å². The molecule has 0 unspecified atom stereocenters. The third-order valence-corrected chi connectivity index (χ3v) is 3.52. The van der Waals surface area contributed by atoms with Gasteiger partial charge in [0.05, 0.1) is 0 Å². The van der Waals surface area contributed by atoms with Crippen molar-refractivity contribution in [2.24, 2.45) is 0 Å². The molecule has 0 aromatic heterocycles. The molecule has 17 heavy (non-hydrogen) atoms. The predicted molar refractivity (Wildman–Crippen MR) is 75.9 cm³/mol. The first kappa shape index (κ1) is 10.5. The van der Waals surface area contributed by atoms with Gasteiger partial charge in [0.1, 0.15) is 0 Å². The lowest BCUT2D eigenvalue weighted by molar-refractivity contribution is 1.60. The van der Waals surface area contributed by atoms with Gasteiger partial charge in [-0.25, -0.2) is 0 Å². The topological polar surface area (TPSA) is 0 Å². The van der Waals surface area contributed by atoms with Crippen molar-refractivity contribution in [3.05, 3.63) is 71.2 Å². The molecule has 0 saturated carbocycles. The fourth-order valence-electron chi connectivity index (χ4n) is 1.95. The standard InChI is InChI=1S/C16H10Br/c17-16-8-4-3-7-15(16)14-10-9-12-5-1-2-6-13(12)11-14/h1-10H. The van der Waals surface area contributed by atoms with Crippen LogP contribution in [0.5, 0.6) is 0 Å². The molecule has 0 saturated heterocycles. The van der Waals surface area contributed by atoms with Crippen molar-refractivity contribution in [2.45, 2.75) is 0 Å². The maximum Gasteiger partial charge on any atom is 0.0253 e. The van der Waals surface area contributed by atoms with Crippen molar-refractivity contribution < 1.29 is 0 Å². The fourth-order valence-corrected chi connectivity index (χ4v) is 2.45. The van der Waals surface area contributed by atoms with E-state index >= 15 is 0 Å². The Morgan fingerprint density at radius 1 is 0.765 bits per heavy atom. The molecule has 0 aliphatic carbocycles. The number of hydrogen-bond donors (Lipinski definition) is 0. The van der Waals surface area contributed by atoms with Crippen LogP contribution in [0, 0.1) is 6.07 Å². The monoisotopic (exact) mass is 281 g/mol. The minimum Gasteiger partial charge on any atom is -0.0616 e. The Morgan fingerprint density at radius 2 is 1.53 bits per heavy atom. The summed E-state index contributed by atoms with van der Waals surface area (Å²) < 4.78 is 1.10. The summed E-state index contributed by atoms with van der Waals surface area (Å²) in [6, 6.07) is 24.2. The van der Waals surface area contributed by atoms with Crippen LogP contribution < -0.4 is 0 Å². The maximum atomic E-state index is 3.58. The Bertz CT molecular complexity index is 671. The molecular formula is C16H10Br. The Kier molecular flexibility index (Phi) is 2.69. The third kappa shape index (κ3) is 1.98. The van der Waals surface area contributed by atoms with Gasteiger partial charge in [0.2, 0.25) is 0 Å². The Labute approximate surface area is 109 Å². The van der Waals surface area contributed by atoms with Crippen LogP contribution in [0.15, 0.2) is 65.1 Å². The summed E-state index contributed by atoms with van der Waals surface area (Å²) in [5.74, 6) is 0. The molecule has 0 spiro atoms. The molecule has 0 bridgehead atoms. The van der Waals surface area contributed by atoms with Crippen LogP contribution in [0.4, 0.5) is 0 Å². The average molecular weight is 282 g/mol. The summed E-state index contributed by atoms with van der Waals surface area (Å²) in [6.45, 7) is 0. The Morgan fingerprint density at radius 3 is 2.41 bits per heavy atom. The van der Waals surface area contributed by atoms with Crippen LogP contribution in [-0.4, -0.2) is 0 Å². The molecule has 3 rings (SSSR count). The maximum absolute atomic E-state index is 3.58. The smallest absolute Gasteiger partial charge is 0.0253 e. The van der Waals surface area contributed by atoms with E-state index in [9.17, 15) is 0 Å². The van der Waals surface area contributed by atoms with Crippen molar-refractivity contribution in [3.8, 4) is 11.1 Å². The molecule has 0 nitrogen and oxygen atoms in total. The summed E-state index contributed by atoms with van der Waals surface area (Å²) in [5.41, 5.74) is 2.30. The van der Waals surface area contributed by atoms with E-state index in [1.54, 1.807) is 0 Å². The minimum absolute atomic E-state index is 1.10. The highest BCUT2D eigenvalue weighted by Gasteiger charge is 2.03. The first-order valence-electron chi connectivity index (χ1n) is 5.50. The van der Waals surface area contributed by atoms with Crippen molar-refractivity contribution >= 4 is 26.7 Å². The zero-order chi connectivity index (χ0) is 11.7. The van der Waals surface area contributed by atoms with E-state index in [4.69, 9.17) is 0 Å². The molecule has 0 N–H and O–H groups in total. The highest BCUT2D eigenvalue weighted by atomic mass is 79.9. The van der Waals surface area contributed by atoms with Crippen LogP contribution in [0.3, 0.4) is 0 Å². The largest absolute Gasteiger partial charge is 0.0616 e. The van der Waals surface area contributed by atoms with Gasteiger partial charge in [-0.1, -0.05) is 70.5 Å². The van der Waals surface area contributed by atoms with Crippen LogP contribution in [0.2, 0.25) is 0 Å². The van der Waals surface area contributed by atoms with E-state index in [1.165, 1.54) is 10.9 Å². The van der Waals surface area contributed by atoms with E-state index < -0.39 is 0 Å². The number of benzene rings is 3. The van der Waals surface area contributed by atoms with Gasteiger partial charge in [0.15, 0.2) is 0 Å². The third-order valence-electron chi connectivity index (χ3n) is 2.82. The van der Waals surface area contributed by atoms with Crippen LogP contribution in [0.25, 0.3) is 21.9 Å². The summed E-state index contributed by atoms with van der Waals surface area (Å²) in [5, 5.41) is 2.38. The number of rotatable bonds is 1. The molecule has 1 heteroatoms. The van der Waals surface area contributed by atoms with E-state index in [-0.39, 0.29) is 0 Å². The predicted octanol–water partition coefficient (Wildman–Crippen LogP) is 5.07. The Balaban J connectivity index is 2.22. The van der Waals surface area contributed by atoms with E-state index in [2.05, 4.69) is 58.4 Å². The van der Waals surface area contributed by atoms with Crippen molar-refractivity contribution in [1.82, 2.24) is 0 Å². The molecule has 3 aromatic carbocycles. The number of fused-ring (bicyclic) bond motifs is 1. The molecule has 0 aliphatic heterocycles. The van der Waals surface area contributed by atoms with Gasteiger partial charge in [0, 0.05) is 4.47 Å². The quantitative estimate of drug-likeness (QED) is 0.584. The zero-order valence-corrected chi connectivity index (χ0v) is 10.7. The highest BCUT2D eigenvalue weighted by Crippen LogP contribution is 2.29. The van der Waals surface area contributed by atoms with Gasteiger partial charge in [-0.3, -0.25) is 0 Å². The summed E-state index contributed by atoms with van der Waals surface area (Å²) in [4.78, 5) is 0. The lowest BCUT2D eigenvalue weighted by Gasteiger charge is -2.05. The first-order chi connectivity index (χ1) is 8.34. The minimum atomic E-state index is 1.10. The fraction of sp³-hybridized carbons (Fsp3) is 0. The second kappa shape index (κ2) is 4.34. The molecule has 81 valence electrons. The van der Waals surface area contributed by atoms with Crippen LogP contribution in [0.1, 0.15) is 0 Å². The van der Waals surface area contributed by atoms with Crippen LogP contribution in [-0.2, 0) is 0 Å². The van der Waals surface area contributed by atoms with Gasteiger partial charge < -0.3 is 0 Å². The van der Waals surface area contributed by atoms with Gasteiger partial charge >= 0.3 is 0 Å². The lowest BCUT2D eigenvalue weighted by atomic mass is 10.0. The van der Waals surface area contributed by atoms with Crippen LogP contribution >= 0.6 is 15.9 Å². The van der Waals surface area contributed by atoms with Gasteiger partial charge in [0.25, 0.3) is 0 Å². The number of hydrogen-bond acceptors (Lipinski definition) is 0. The van der Waals surface area contributed by atoms with Gasteiger partial charge in [-0.15, -0.1) is 0 Å². The SMILES string of the molecule is Brc1ccccc1-c1[c]c2ccccc2cc1. The first-order valence-corrected chi connectivity index (χ1v) is 6.30.